The summed E-state index contributed by atoms with van der Waals surface area (Å²) in [6.45, 7) is 0.310. The third-order valence-electron chi connectivity index (χ3n) is 1.93. The molecule has 6 heteroatoms. The molecule has 15 heavy (non-hydrogen) atoms. The molecule has 0 aliphatic heterocycles. The molecule has 0 bridgehead atoms. The maximum absolute atomic E-state index is 5.89. The van der Waals surface area contributed by atoms with E-state index in [1.807, 2.05) is 0 Å². The molecule has 0 amide bonds. The second-order valence-electron chi connectivity index (χ2n) is 2.95. The van der Waals surface area contributed by atoms with Crippen LogP contribution in [0.2, 0.25) is 10.0 Å². The average molecular weight is 243 g/mol. The van der Waals surface area contributed by atoms with Gasteiger partial charge in [0.15, 0.2) is 5.82 Å². The van der Waals surface area contributed by atoms with Crippen molar-refractivity contribution in [2.45, 2.75) is 6.54 Å². The number of benzene rings is 1. The van der Waals surface area contributed by atoms with Gasteiger partial charge in [-0.25, -0.2) is 0 Å². The summed E-state index contributed by atoms with van der Waals surface area (Å²) < 4.78 is 1.75. The highest BCUT2D eigenvalue weighted by molar-refractivity contribution is 6.34. The van der Waals surface area contributed by atoms with Gasteiger partial charge in [0, 0.05) is 10.0 Å². The molecule has 0 radical (unpaired) electrons. The molecule has 2 aromatic rings. The zero-order valence-corrected chi connectivity index (χ0v) is 9.20. The van der Waals surface area contributed by atoms with Crippen molar-refractivity contribution in [1.29, 1.82) is 0 Å². The summed E-state index contributed by atoms with van der Waals surface area (Å²) in [5.41, 5.74) is 6.32. The van der Waals surface area contributed by atoms with E-state index in [-0.39, 0.29) is 0 Å². The highest BCUT2D eigenvalue weighted by Crippen LogP contribution is 2.22. The van der Waals surface area contributed by atoms with Crippen LogP contribution in [-0.4, -0.2) is 14.8 Å². The molecule has 0 saturated carbocycles. The van der Waals surface area contributed by atoms with Gasteiger partial charge in [-0.1, -0.05) is 23.2 Å². The first-order valence-electron chi connectivity index (χ1n) is 4.26. The number of aromatic nitrogens is 3. The summed E-state index contributed by atoms with van der Waals surface area (Å²) in [6.07, 6.45) is 1.57. The largest absolute Gasteiger partial charge is 0.324 e. The van der Waals surface area contributed by atoms with Crippen molar-refractivity contribution < 1.29 is 0 Å². The normalized spacial score (nSPS) is 10.6. The fourth-order valence-electron chi connectivity index (χ4n) is 1.29. The van der Waals surface area contributed by atoms with Gasteiger partial charge in [0.2, 0.25) is 0 Å². The van der Waals surface area contributed by atoms with Crippen LogP contribution in [0.4, 0.5) is 0 Å². The Hall–Kier alpha value is -1.10. The Morgan fingerprint density at radius 2 is 1.87 bits per heavy atom. The summed E-state index contributed by atoms with van der Waals surface area (Å²) in [4.78, 5) is 0. The summed E-state index contributed by atoms with van der Waals surface area (Å²) in [7, 11) is 0. The monoisotopic (exact) mass is 242 g/mol. The Bertz CT molecular complexity index is 460. The van der Waals surface area contributed by atoms with Crippen molar-refractivity contribution in [3.05, 3.63) is 40.4 Å². The standard InChI is InChI=1S/C9H8Cl2N4/c10-6-1-7(11)3-8(2-6)15-5-13-14-9(15)4-12/h1-3,5H,4,12H2. The maximum atomic E-state index is 5.89. The minimum absolute atomic E-state index is 0.310. The predicted octanol–water partition coefficient (Wildman–Crippen LogP) is 2.03. The Labute approximate surface area is 96.6 Å². The van der Waals surface area contributed by atoms with Crippen LogP contribution in [0.5, 0.6) is 0 Å². The van der Waals surface area contributed by atoms with Gasteiger partial charge in [-0.3, -0.25) is 4.57 Å². The Balaban J connectivity index is 2.53. The number of nitrogens with zero attached hydrogens (tertiary/aromatic N) is 3. The van der Waals surface area contributed by atoms with E-state index in [0.717, 1.165) is 5.69 Å². The lowest BCUT2D eigenvalue weighted by atomic mass is 10.3. The second kappa shape index (κ2) is 4.18. The third kappa shape index (κ3) is 2.12. The molecule has 1 aromatic heterocycles. The van der Waals surface area contributed by atoms with Gasteiger partial charge >= 0.3 is 0 Å². The molecule has 0 spiro atoms. The van der Waals surface area contributed by atoms with Crippen molar-refractivity contribution in [1.82, 2.24) is 14.8 Å². The van der Waals surface area contributed by atoms with E-state index in [1.54, 1.807) is 29.1 Å². The number of hydrogen-bond acceptors (Lipinski definition) is 3. The third-order valence-corrected chi connectivity index (χ3v) is 2.36. The maximum Gasteiger partial charge on any atom is 0.151 e. The van der Waals surface area contributed by atoms with Crippen LogP contribution in [-0.2, 0) is 6.54 Å². The average Bonchev–Trinajstić information content (AvgIpc) is 2.63. The highest BCUT2D eigenvalue weighted by atomic mass is 35.5. The predicted molar refractivity (Wildman–Crippen MR) is 59.3 cm³/mol. The van der Waals surface area contributed by atoms with E-state index in [4.69, 9.17) is 28.9 Å². The molecule has 0 unspecified atom stereocenters. The van der Waals surface area contributed by atoms with Crippen molar-refractivity contribution in [3.8, 4) is 5.69 Å². The van der Waals surface area contributed by atoms with Crippen LogP contribution < -0.4 is 5.73 Å². The molecule has 0 saturated heterocycles. The molecule has 4 nitrogen and oxygen atoms in total. The lowest BCUT2D eigenvalue weighted by molar-refractivity contribution is 0.860. The summed E-state index contributed by atoms with van der Waals surface area (Å²) in [6, 6.07) is 5.21. The van der Waals surface area contributed by atoms with Gasteiger partial charge in [-0.05, 0) is 18.2 Å². The number of halogens is 2. The van der Waals surface area contributed by atoms with E-state index in [2.05, 4.69) is 10.2 Å². The molecule has 1 aromatic carbocycles. The first kappa shape index (κ1) is 10.4. The van der Waals surface area contributed by atoms with Crippen LogP contribution in [0.25, 0.3) is 5.69 Å². The first-order valence-corrected chi connectivity index (χ1v) is 5.01. The van der Waals surface area contributed by atoms with E-state index >= 15 is 0 Å². The molecule has 0 aliphatic rings. The van der Waals surface area contributed by atoms with Crippen LogP contribution in [0.3, 0.4) is 0 Å². The van der Waals surface area contributed by atoms with Crippen LogP contribution in [0.1, 0.15) is 5.82 Å². The molecule has 2 N–H and O–H groups in total. The van der Waals surface area contributed by atoms with Crippen LogP contribution in [0, 0.1) is 0 Å². The molecule has 2 rings (SSSR count). The Morgan fingerprint density at radius 3 is 2.47 bits per heavy atom. The van der Waals surface area contributed by atoms with Gasteiger partial charge in [-0.15, -0.1) is 10.2 Å². The van der Waals surface area contributed by atoms with E-state index in [1.165, 1.54) is 0 Å². The van der Waals surface area contributed by atoms with Gasteiger partial charge in [-0.2, -0.15) is 0 Å². The van der Waals surface area contributed by atoms with Crippen molar-refractivity contribution in [2.24, 2.45) is 5.73 Å². The summed E-state index contributed by atoms with van der Waals surface area (Å²) >= 11 is 11.8. The van der Waals surface area contributed by atoms with E-state index in [0.29, 0.717) is 22.4 Å². The van der Waals surface area contributed by atoms with E-state index < -0.39 is 0 Å². The van der Waals surface area contributed by atoms with Gasteiger partial charge in [0.05, 0.1) is 12.2 Å². The molecular formula is C9H8Cl2N4. The first-order chi connectivity index (χ1) is 7.20. The Morgan fingerprint density at radius 1 is 1.20 bits per heavy atom. The minimum Gasteiger partial charge on any atom is -0.324 e. The van der Waals surface area contributed by atoms with Crippen LogP contribution >= 0.6 is 23.2 Å². The summed E-state index contributed by atoms with van der Waals surface area (Å²) in [5, 5.41) is 8.78. The molecule has 1 heterocycles. The topological polar surface area (TPSA) is 56.7 Å². The zero-order chi connectivity index (χ0) is 10.8. The molecule has 78 valence electrons. The fourth-order valence-corrected chi connectivity index (χ4v) is 1.81. The number of rotatable bonds is 2. The minimum atomic E-state index is 0.310. The summed E-state index contributed by atoms with van der Waals surface area (Å²) in [5.74, 6) is 0.660. The number of hydrogen-bond donors (Lipinski definition) is 1. The fraction of sp³-hybridized carbons (Fsp3) is 0.111. The molecule has 0 fully saturated rings. The second-order valence-corrected chi connectivity index (χ2v) is 3.82. The van der Waals surface area contributed by atoms with Gasteiger partial charge in [0.25, 0.3) is 0 Å². The molecular weight excluding hydrogens is 235 g/mol. The van der Waals surface area contributed by atoms with Crippen LogP contribution in [0.15, 0.2) is 24.5 Å². The van der Waals surface area contributed by atoms with Crippen molar-refractivity contribution in [2.75, 3.05) is 0 Å². The van der Waals surface area contributed by atoms with Crippen molar-refractivity contribution in [3.63, 3.8) is 0 Å². The van der Waals surface area contributed by atoms with Crippen molar-refractivity contribution >= 4 is 23.2 Å². The quantitative estimate of drug-likeness (QED) is 0.877. The highest BCUT2D eigenvalue weighted by Gasteiger charge is 2.05. The zero-order valence-electron chi connectivity index (χ0n) is 7.69. The smallest absolute Gasteiger partial charge is 0.151 e. The molecule has 0 atom stereocenters. The molecule has 0 aliphatic carbocycles. The van der Waals surface area contributed by atoms with Gasteiger partial charge < -0.3 is 5.73 Å². The Kier molecular flexibility index (Phi) is 2.90. The SMILES string of the molecule is NCc1nncn1-c1cc(Cl)cc(Cl)c1. The lowest BCUT2D eigenvalue weighted by Crippen LogP contribution is -2.06. The van der Waals surface area contributed by atoms with E-state index in [9.17, 15) is 0 Å². The van der Waals surface area contributed by atoms with Gasteiger partial charge in [0.1, 0.15) is 6.33 Å². The lowest BCUT2D eigenvalue weighted by Gasteiger charge is -2.05. The number of nitrogens with two attached hydrogens (primary N) is 1.